The Hall–Kier alpha value is -4.18. The third-order valence-electron chi connectivity index (χ3n) is 5.68. The molecule has 1 atom stereocenters. The van der Waals surface area contributed by atoms with E-state index in [-0.39, 0.29) is 6.61 Å². The Morgan fingerprint density at radius 1 is 1.19 bits per heavy atom. The summed E-state index contributed by atoms with van der Waals surface area (Å²) in [5.74, 6) is 1.42. The lowest BCUT2D eigenvalue weighted by Gasteiger charge is -2.36. The molecule has 1 aliphatic heterocycles. The van der Waals surface area contributed by atoms with Gasteiger partial charge in [-0.2, -0.15) is 5.10 Å². The van der Waals surface area contributed by atoms with E-state index in [1.165, 1.54) is 0 Å². The van der Waals surface area contributed by atoms with Gasteiger partial charge in [-0.3, -0.25) is 10.4 Å². The second-order valence-corrected chi connectivity index (χ2v) is 8.76. The summed E-state index contributed by atoms with van der Waals surface area (Å²) in [7, 11) is 1.61. The van der Waals surface area contributed by atoms with Crippen LogP contribution in [-0.2, 0) is 15.1 Å². The predicted octanol–water partition coefficient (Wildman–Crippen LogP) is 4.42. The maximum atomic E-state index is 11.7. The van der Waals surface area contributed by atoms with Gasteiger partial charge in [0.1, 0.15) is 22.8 Å². The molecule has 0 saturated carbocycles. The van der Waals surface area contributed by atoms with Gasteiger partial charge in [0.2, 0.25) is 0 Å². The quantitative estimate of drug-likeness (QED) is 0.254. The molecular weight excluding hydrogens is 492 g/mol. The first-order chi connectivity index (χ1) is 17.9. The second-order valence-electron chi connectivity index (χ2n) is 8.36. The van der Waals surface area contributed by atoms with Crippen molar-refractivity contribution in [3.05, 3.63) is 78.1 Å². The van der Waals surface area contributed by atoms with E-state index in [1.807, 2.05) is 43.3 Å². The highest BCUT2D eigenvalue weighted by Gasteiger charge is 2.37. The summed E-state index contributed by atoms with van der Waals surface area (Å²) < 4.78 is 22.2. The molecule has 4 rings (SSSR count). The van der Waals surface area contributed by atoms with Gasteiger partial charge in [0.05, 0.1) is 19.4 Å². The number of benzene rings is 2. The molecule has 0 aliphatic carbocycles. The Labute approximate surface area is 220 Å². The van der Waals surface area contributed by atoms with Crippen LogP contribution in [-0.4, -0.2) is 42.1 Å². The molecule has 0 saturated heterocycles. The van der Waals surface area contributed by atoms with Crippen molar-refractivity contribution in [1.29, 1.82) is 0 Å². The number of nitrogens with zero attached hydrogens (tertiary/aromatic N) is 2. The van der Waals surface area contributed by atoms with Crippen molar-refractivity contribution in [3.63, 3.8) is 0 Å². The van der Waals surface area contributed by atoms with Crippen molar-refractivity contribution >= 4 is 34.7 Å². The molecular formula is C27H28N4O5S. The summed E-state index contributed by atoms with van der Waals surface area (Å²) in [5, 5.41) is 8.06. The van der Waals surface area contributed by atoms with Crippen LogP contribution in [0.3, 0.4) is 0 Å². The van der Waals surface area contributed by atoms with Crippen molar-refractivity contribution in [2.24, 2.45) is 5.10 Å². The zero-order valence-corrected chi connectivity index (χ0v) is 21.6. The molecule has 0 unspecified atom stereocenters. The van der Waals surface area contributed by atoms with E-state index in [9.17, 15) is 4.79 Å². The molecule has 0 fully saturated rings. The van der Waals surface area contributed by atoms with Crippen LogP contribution in [0.5, 0.6) is 17.2 Å². The summed E-state index contributed by atoms with van der Waals surface area (Å²) in [6.07, 6.45) is 3.94. The number of fused-ring (bicyclic) bond motifs is 1. The van der Waals surface area contributed by atoms with E-state index in [2.05, 4.69) is 20.8 Å². The largest absolute Gasteiger partial charge is 0.497 e. The number of esters is 1. The van der Waals surface area contributed by atoms with Gasteiger partial charge in [0, 0.05) is 35.6 Å². The number of hydrogen-bond acceptors (Lipinski definition) is 8. The number of hydrogen-bond donors (Lipinski definition) is 2. The number of nitrogens with one attached hydrogen (secondary N) is 2. The highest BCUT2D eigenvalue weighted by molar-refractivity contribution is 7.80. The molecule has 3 aromatic rings. The van der Waals surface area contributed by atoms with Crippen LogP contribution < -0.4 is 25.0 Å². The maximum absolute atomic E-state index is 11.7. The van der Waals surface area contributed by atoms with Crippen LogP contribution in [0.2, 0.25) is 0 Å². The summed E-state index contributed by atoms with van der Waals surface area (Å²) in [4.78, 5) is 16.0. The number of carbonyl (C=O) groups excluding carboxylic acids is 1. The fraction of sp³-hybridized carbons (Fsp3) is 0.259. The first-order valence-corrected chi connectivity index (χ1v) is 12.1. The Kier molecular flexibility index (Phi) is 8.19. The Morgan fingerprint density at radius 3 is 2.68 bits per heavy atom. The number of anilines is 1. The number of hydrazone groups is 1. The van der Waals surface area contributed by atoms with E-state index in [1.54, 1.807) is 44.6 Å². The van der Waals surface area contributed by atoms with E-state index in [0.29, 0.717) is 35.4 Å². The average Bonchev–Trinajstić information content (AvgIpc) is 2.91. The summed E-state index contributed by atoms with van der Waals surface area (Å²) in [6, 6.07) is 16.6. The topological polar surface area (TPSA) is 103 Å². The lowest BCUT2D eigenvalue weighted by molar-refractivity contribution is -0.145. The van der Waals surface area contributed by atoms with Gasteiger partial charge in [0.25, 0.3) is 0 Å². The Morgan fingerprint density at radius 2 is 1.97 bits per heavy atom. The summed E-state index contributed by atoms with van der Waals surface area (Å²) >= 11 is 5.46. The zero-order valence-electron chi connectivity index (χ0n) is 20.8. The molecule has 2 N–H and O–H groups in total. The number of pyridine rings is 1. The van der Waals surface area contributed by atoms with Gasteiger partial charge in [-0.25, -0.2) is 4.79 Å². The number of ether oxygens (including phenoxy) is 4. The smallest absolute Gasteiger partial charge is 0.344 e. The maximum Gasteiger partial charge on any atom is 0.344 e. The molecule has 2 heterocycles. The van der Waals surface area contributed by atoms with Crippen LogP contribution in [0.15, 0.2) is 72.1 Å². The lowest BCUT2D eigenvalue weighted by Crippen LogP contribution is -2.38. The molecule has 192 valence electrons. The molecule has 10 heteroatoms. The SMILES string of the molecule is CCOC(=O)COc1ccc2c(c1)/C(=N\NC(=S)Nc1ccc(OC)cc1)C[C@@](C)(c1cccnc1)O2. The highest BCUT2D eigenvalue weighted by Crippen LogP contribution is 2.40. The highest BCUT2D eigenvalue weighted by atomic mass is 32.1. The second kappa shape index (κ2) is 11.7. The zero-order chi connectivity index (χ0) is 26.3. The van der Waals surface area contributed by atoms with Crippen LogP contribution in [0.4, 0.5) is 5.69 Å². The molecule has 0 bridgehead atoms. The molecule has 2 aromatic carbocycles. The summed E-state index contributed by atoms with van der Waals surface area (Å²) in [6.45, 7) is 3.83. The minimum atomic E-state index is -0.708. The van der Waals surface area contributed by atoms with Crippen LogP contribution in [0, 0.1) is 0 Å². The van der Waals surface area contributed by atoms with Crippen molar-refractivity contribution in [2.75, 3.05) is 25.6 Å². The third kappa shape index (κ3) is 6.53. The average molecular weight is 521 g/mol. The Bertz CT molecular complexity index is 1280. The number of thiocarbonyl (C=S) groups is 1. The van der Waals surface area contributed by atoms with E-state index >= 15 is 0 Å². The monoisotopic (exact) mass is 520 g/mol. The third-order valence-corrected chi connectivity index (χ3v) is 5.87. The molecule has 1 aliphatic rings. The van der Waals surface area contributed by atoms with E-state index < -0.39 is 11.6 Å². The normalized spacial score (nSPS) is 17.2. The number of rotatable bonds is 8. The van der Waals surface area contributed by atoms with Gasteiger partial charge in [-0.1, -0.05) is 6.07 Å². The van der Waals surface area contributed by atoms with E-state index in [4.69, 9.17) is 31.2 Å². The van der Waals surface area contributed by atoms with E-state index in [0.717, 1.165) is 22.6 Å². The Balaban J connectivity index is 1.58. The molecule has 0 amide bonds. The molecule has 1 aromatic heterocycles. The lowest BCUT2D eigenvalue weighted by atomic mass is 9.86. The number of methoxy groups -OCH3 is 1. The fourth-order valence-electron chi connectivity index (χ4n) is 3.84. The first kappa shape index (κ1) is 25.9. The van der Waals surface area contributed by atoms with Crippen molar-refractivity contribution in [3.8, 4) is 17.2 Å². The van der Waals surface area contributed by atoms with Crippen molar-refractivity contribution < 1.29 is 23.7 Å². The van der Waals surface area contributed by atoms with Gasteiger partial charge < -0.3 is 24.3 Å². The molecule has 37 heavy (non-hydrogen) atoms. The molecule has 0 radical (unpaired) electrons. The van der Waals surface area contributed by atoms with Gasteiger partial charge >= 0.3 is 5.97 Å². The van der Waals surface area contributed by atoms with Crippen molar-refractivity contribution in [1.82, 2.24) is 10.4 Å². The van der Waals surface area contributed by atoms with Gasteiger partial charge in [0.15, 0.2) is 11.7 Å². The fourth-order valence-corrected chi connectivity index (χ4v) is 4.00. The van der Waals surface area contributed by atoms with Crippen LogP contribution >= 0.6 is 12.2 Å². The van der Waals surface area contributed by atoms with Gasteiger partial charge in [-0.15, -0.1) is 0 Å². The summed E-state index contributed by atoms with van der Waals surface area (Å²) in [5.41, 5.74) is 5.36. The standard InChI is InChI=1S/C27H28N4O5S/c1-4-34-25(32)17-35-21-11-12-24-22(14-21)23(15-27(2,36-24)18-6-5-13-28-16-18)30-31-26(37)29-19-7-9-20(33-3)10-8-19/h5-14,16H,4,15,17H2,1-3H3,(H2,29,31,37)/b30-23-/t27-/m0/s1. The first-order valence-electron chi connectivity index (χ1n) is 11.7. The minimum Gasteiger partial charge on any atom is -0.497 e. The number of carbonyl (C=O) groups is 1. The van der Waals surface area contributed by atoms with Crippen LogP contribution in [0.25, 0.3) is 0 Å². The van der Waals surface area contributed by atoms with Gasteiger partial charge in [-0.05, 0) is 74.6 Å². The van der Waals surface area contributed by atoms with Crippen LogP contribution in [0.1, 0.15) is 31.4 Å². The molecule has 9 nitrogen and oxygen atoms in total. The predicted molar refractivity (Wildman–Crippen MR) is 144 cm³/mol. The van der Waals surface area contributed by atoms with Crippen molar-refractivity contribution in [2.45, 2.75) is 25.9 Å². The minimum absolute atomic E-state index is 0.193. The number of aromatic nitrogens is 1. The molecule has 0 spiro atoms.